The molecule has 1 N–H and O–H groups in total. The number of carbonyl (C=O) groups is 2. The fourth-order valence-corrected chi connectivity index (χ4v) is 2.18. The van der Waals surface area contributed by atoms with Gasteiger partial charge >= 0.3 is 6.09 Å². The summed E-state index contributed by atoms with van der Waals surface area (Å²) in [6.07, 6.45) is -0.923. The Hall–Kier alpha value is -2.04. The lowest BCUT2D eigenvalue weighted by atomic mass is 10.1. The summed E-state index contributed by atoms with van der Waals surface area (Å²) in [6, 6.07) is 8.97. The third kappa shape index (κ3) is 2.45. The fraction of sp³-hybridized carbons (Fsp3) is 0.385. The van der Waals surface area contributed by atoms with Gasteiger partial charge in [0.1, 0.15) is 0 Å². The highest BCUT2D eigenvalue weighted by atomic mass is 16.4. The Labute approximate surface area is 106 Å². The van der Waals surface area contributed by atoms with Gasteiger partial charge in [-0.3, -0.25) is 4.79 Å². The predicted molar refractivity (Wildman–Crippen MR) is 66.5 cm³/mol. The Morgan fingerprint density at radius 1 is 1.22 bits per heavy atom. The van der Waals surface area contributed by atoms with E-state index in [1.165, 1.54) is 4.90 Å². The molecule has 2 rings (SSSR count). The monoisotopic (exact) mass is 248 g/mol. The van der Waals surface area contributed by atoms with Gasteiger partial charge in [-0.15, -0.1) is 0 Å². The number of piperazine rings is 1. The van der Waals surface area contributed by atoms with Crippen LogP contribution in [0.15, 0.2) is 30.3 Å². The van der Waals surface area contributed by atoms with Crippen LogP contribution in [-0.2, 0) is 0 Å². The standard InChI is InChI=1S/C13H16N2O3/c1-10-9-14(13(17)18)7-8-15(10)12(16)11-5-3-2-4-6-11/h2-6,10H,7-9H2,1H3,(H,17,18)/t10-/m0/s1. The number of rotatable bonds is 1. The molecule has 5 heteroatoms. The Morgan fingerprint density at radius 3 is 2.44 bits per heavy atom. The van der Waals surface area contributed by atoms with E-state index in [1.54, 1.807) is 17.0 Å². The molecule has 5 nitrogen and oxygen atoms in total. The van der Waals surface area contributed by atoms with Crippen LogP contribution in [0.5, 0.6) is 0 Å². The summed E-state index contributed by atoms with van der Waals surface area (Å²) in [6.45, 7) is 3.06. The summed E-state index contributed by atoms with van der Waals surface area (Å²) < 4.78 is 0. The van der Waals surface area contributed by atoms with E-state index in [9.17, 15) is 9.59 Å². The smallest absolute Gasteiger partial charge is 0.407 e. The molecule has 1 saturated heterocycles. The largest absolute Gasteiger partial charge is 0.465 e. The molecule has 0 radical (unpaired) electrons. The number of hydrogen-bond donors (Lipinski definition) is 1. The number of amides is 2. The fourth-order valence-electron chi connectivity index (χ4n) is 2.18. The molecule has 18 heavy (non-hydrogen) atoms. The molecule has 1 aromatic carbocycles. The number of benzene rings is 1. The Balaban J connectivity index is 2.07. The van der Waals surface area contributed by atoms with Gasteiger partial charge in [0.15, 0.2) is 0 Å². The minimum atomic E-state index is -0.923. The maximum absolute atomic E-state index is 12.2. The van der Waals surface area contributed by atoms with Crippen molar-refractivity contribution >= 4 is 12.0 Å². The molecule has 0 saturated carbocycles. The minimum absolute atomic E-state index is 0.0341. The van der Waals surface area contributed by atoms with Gasteiger partial charge in [0.05, 0.1) is 0 Å². The van der Waals surface area contributed by atoms with Crippen LogP contribution in [0.4, 0.5) is 4.79 Å². The van der Waals surface area contributed by atoms with E-state index in [0.717, 1.165) is 0 Å². The van der Waals surface area contributed by atoms with E-state index < -0.39 is 6.09 Å². The second-order valence-electron chi connectivity index (χ2n) is 4.44. The Bertz CT molecular complexity index is 447. The maximum atomic E-state index is 12.2. The van der Waals surface area contributed by atoms with Crippen LogP contribution in [0.3, 0.4) is 0 Å². The van der Waals surface area contributed by atoms with Gasteiger partial charge in [-0.1, -0.05) is 18.2 Å². The first-order valence-electron chi connectivity index (χ1n) is 5.93. The van der Waals surface area contributed by atoms with Crippen molar-refractivity contribution in [2.24, 2.45) is 0 Å². The number of carbonyl (C=O) groups excluding carboxylic acids is 1. The lowest BCUT2D eigenvalue weighted by molar-refractivity contribution is 0.0484. The molecule has 1 aromatic rings. The van der Waals surface area contributed by atoms with Gasteiger partial charge in [0.25, 0.3) is 5.91 Å². The molecule has 1 aliphatic heterocycles. The van der Waals surface area contributed by atoms with Crippen molar-refractivity contribution in [3.05, 3.63) is 35.9 Å². The van der Waals surface area contributed by atoms with Gasteiger partial charge < -0.3 is 14.9 Å². The van der Waals surface area contributed by atoms with E-state index in [-0.39, 0.29) is 11.9 Å². The van der Waals surface area contributed by atoms with Crippen LogP contribution in [0.1, 0.15) is 17.3 Å². The van der Waals surface area contributed by atoms with Gasteiger partial charge in [-0.05, 0) is 19.1 Å². The molecule has 0 bridgehead atoms. The highest BCUT2D eigenvalue weighted by Crippen LogP contribution is 2.14. The van der Waals surface area contributed by atoms with Gasteiger partial charge in [0.2, 0.25) is 0 Å². The topological polar surface area (TPSA) is 60.9 Å². The maximum Gasteiger partial charge on any atom is 0.407 e. The van der Waals surface area contributed by atoms with Crippen LogP contribution in [-0.4, -0.2) is 52.6 Å². The average Bonchev–Trinajstić information content (AvgIpc) is 2.38. The molecule has 0 aromatic heterocycles. The highest BCUT2D eigenvalue weighted by molar-refractivity contribution is 5.94. The van der Waals surface area contributed by atoms with Crippen molar-refractivity contribution in [2.45, 2.75) is 13.0 Å². The lowest BCUT2D eigenvalue weighted by Gasteiger charge is -2.38. The first-order chi connectivity index (χ1) is 8.59. The number of nitrogens with zero attached hydrogens (tertiary/aromatic N) is 2. The molecule has 1 aliphatic rings. The van der Waals surface area contributed by atoms with Crippen LogP contribution in [0.2, 0.25) is 0 Å². The van der Waals surface area contributed by atoms with Gasteiger partial charge in [0, 0.05) is 31.2 Å². The average molecular weight is 248 g/mol. The van der Waals surface area contributed by atoms with Gasteiger partial charge in [-0.2, -0.15) is 0 Å². The van der Waals surface area contributed by atoms with Crippen molar-refractivity contribution in [1.29, 1.82) is 0 Å². The highest BCUT2D eigenvalue weighted by Gasteiger charge is 2.29. The van der Waals surface area contributed by atoms with E-state index in [4.69, 9.17) is 5.11 Å². The van der Waals surface area contributed by atoms with Crippen molar-refractivity contribution in [3.8, 4) is 0 Å². The normalized spacial score (nSPS) is 19.7. The molecule has 2 amide bonds. The second-order valence-corrected chi connectivity index (χ2v) is 4.44. The van der Waals surface area contributed by atoms with Crippen molar-refractivity contribution in [1.82, 2.24) is 9.80 Å². The summed E-state index contributed by atoms with van der Waals surface area (Å²) in [7, 11) is 0. The predicted octanol–water partition coefficient (Wildman–Crippen LogP) is 1.51. The van der Waals surface area contributed by atoms with Crippen LogP contribution < -0.4 is 0 Å². The second kappa shape index (κ2) is 5.08. The molecular formula is C13H16N2O3. The molecule has 1 heterocycles. The lowest BCUT2D eigenvalue weighted by Crippen LogP contribution is -2.55. The molecule has 0 unspecified atom stereocenters. The number of hydrogen-bond acceptors (Lipinski definition) is 2. The first-order valence-corrected chi connectivity index (χ1v) is 5.93. The summed E-state index contributed by atoms with van der Waals surface area (Å²) in [5.74, 6) is -0.0341. The van der Waals surface area contributed by atoms with Crippen LogP contribution in [0.25, 0.3) is 0 Å². The quantitative estimate of drug-likeness (QED) is 0.819. The summed E-state index contributed by atoms with van der Waals surface area (Å²) in [5, 5.41) is 8.92. The summed E-state index contributed by atoms with van der Waals surface area (Å²) >= 11 is 0. The zero-order valence-corrected chi connectivity index (χ0v) is 10.2. The molecule has 0 spiro atoms. The van der Waals surface area contributed by atoms with Crippen molar-refractivity contribution < 1.29 is 14.7 Å². The minimum Gasteiger partial charge on any atom is -0.465 e. The Morgan fingerprint density at radius 2 is 1.89 bits per heavy atom. The zero-order valence-electron chi connectivity index (χ0n) is 10.2. The Kier molecular flexibility index (Phi) is 3.50. The van der Waals surface area contributed by atoms with Crippen LogP contribution in [0, 0.1) is 0 Å². The summed E-state index contributed by atoms with van der Waals surface area (Å²) in [5.41, 5.74) is 0.646. The van der Waals surface area contributed by atoms with E-state index in [1.807, 2.05) is 25.1 Å². The van der Waals surface area contributed by atoms with Crippen molar-refractivity contribution in [3.63, 3.8) is 0 Å². The van der Waals surface area contributed by atoms with E-state index >= 15 is 0 Å². The van der Waals surface area contributed by atoms with Gasteiger partial charge in [-0.25, -0.2) is 4.79 Å². The zero-order chi connectivity index (χ0) is 13.1. The van der Waals surface area contributed by atoms with Crippen molar-refractivity contribution in [2.75, 3.05) is 19.6 Å². The molecular weight excluding hydrogens is 232 g/mol. The third-order valence-corrected chi connectivity index (χ3v) is 3.18. The first kappa shape index (κ1) is 12.4. The SMILES string of the molecule is C[C@H]1CN(C(=O)O)CCN1C(=O)c1ccccc1. The van der Waals surface area contributed by atoms with Crippen LogP contribution >= 0.6 is 0 Å². The number of carboxylic acid groups (broad SMARTS) is 1. The molecule has 1 fully saturated rings. The molecule has 96 valence electrons. The third-order valence-electron chi connectivity index (χ3n) is 3.18. The van der Waals surface area contributed by atoms with E-state index in [0.29, 0.717) is 25.2 Å². The molecule has 1 atom stereocenters. The van der Waals surface area contributed by atoms with E-state index in [2.05, 4.69) is 0 Å². The molecule has 0 aliphatic carbocycles. The summed E-state index contributed by atoms with van der Waals surface area (Å²) in [4.78, 5) is 26.2.